The zero-order valence-electron chi connectivity index (χ0n) is 11.8. The molecule has 6 heteroatoms. The van der Waals surface area contributed by atoms with E-state index in [9.17, 15) is 4.79 Å². The summed E-state index contributed by atoms with van der Waals surface area (Å²) in [4.78, 5) is 16.9. The molecule has 0 radical (unpaired) electrons. The molecule has 0 atom stereocenters. The molecular weight excluding hydrogens is 272 g/mol. The van der Waals surface area contributed by atoms with Gasteiger partial charge in [-0.1, -0.05) is 43.4 Å². The van der Waals surface area contributed by atoms with E-state index in [0.29, 0.717) is 11.0 Å². The van der Waals surface area contributed by atoms with Crippen LogP contribution < -0.4 is 10.9 Å². The van der Waals surface area contributed by atoms with Gasteiger partial charge in [0.15, 0.2) is 0 Å². The number of aryl methyl sites for hydroxylation is 1. The zero-order chi connectivity index (χ0) is 13.9. The van der Waals surface area contributed by atoms with Crippen LogP contribution in [0.4, 0.5) is 5.13 Å². The first kappa shape index (κ1) is 13.5. The molecule has 0 aliphatic heterocycles. The lowest BCUT2D eigenvalue weighted by Gasteiger charge is -2.20. The predicted molar refractivity (Wildman–Crippen MR) is 81.6 cm³/mol. The molecule has 1 fully saturated rings. The highest BCUT2D eigenvalue weighted by molar-refractivity contribution is 7.20. The number of nitrogens with one attached hydrogen (secondary N) is 1. The van der Waals surface area contributed by atoms with Gasteiger partial charge in [0.1, 0.15) is 0 Å². The lowest BCUT2D eigenvalue weighted by Crippen LogP contribution is -2.21. The zero-order valence-corrected chi connectivity index (χ0v) is 12.6. The predicted octanol–water partition coefficient (Wildman–Crippen LogP) is 2.98. The Bertz CT molecular complexity index is 640. The molecule has 0 bridgehead atoms. The Morgan fingerprint density at radius 2 is 1.95 bits per heavy atom. The summed E-state index contributed by atoms with van der Waals surface area (Å²) in [5.41, 5.74) is 0.644. The van der Waals surface area contributed by atoms with Crippen LogP contribution in [0.2, 0.25) is 0 Å². The van der Waals surface area contributed by atoms with Crippen molar-refractivity contribution in [2.45, 2.75) is 57.9 Å². The van der Waals surface area contributed by atoms with E-state index in [1.54, 1.807) is 0 Å². The van der Waals surface area contributed by atoms with Gasteiger partial charge in [-0.2, -0.15) is 4.52 Å². The molecule has 108 valence electrons. The van der Waals surface area contributed by atoms with Crippen molar-refractivity contribution < 1.29 is 0 Å². The van der Waals surface area contributed by atoms with E-state index < -0.39 is 0 Å². The highest BCUT2D eigenvalue weighted by Crippen LogP contribution is 2.23. The van der Waals surface area contributed by atoms with Gasteiger partial charge in [0.05, 0.1) is 0 Å². The first-order chi connectivity index (χ1) is 9.72. The van der Waals surface area contributed by atoms with E-state index in [0.717, 1.165) is 10.8 Å². The van der Waals surface area contributed by atoms with Gasteiger partial charge < -0.3 is 5.32 Å². The van der Waals surface area contributed by atoms with E-state index in [4.69, 9.17) is 0 Å². The Kier molecular flexibility index (Phi) is 4.00. The van der Waals surface area contributed by atoms with Crippen molar-refractivity contribution in [2.24, 2.45) is 0 Å². The summed E-state index contributed by atoms with van der Waals surface area (Å²) < 4.78 is 1.39. The second-order valence-corrected chi connectivity index (χ2v) is 6.48. The number of hydrogen-bond acceptors (Lipinski definition) is 5. The number of anilines is 1. The van der Waals surface area contributed by atoms with Crippen molar-refractivity contribution in [1.29, 1.82) is 0 Å². The van der Waals surface area contributed by atoms with Crippen LogP contribution in [0.3, 0.4) is 0 Å². The van der Waals surface area contributed by atoms with E-state index in [1.165, 1.54) is 66.9 Å². The molecule has 0 unspecified atom stereocenters. The molecule has 1 aliphatic rings. The summed E-state index contributed by atoms with van der Waals surface area (Å²) in [6.07, 6.45) is 8.97. The Balaban J connectivity index is 1.79. The van der Waals surface area contributed by atoms with Crippen LogP contribution in [-0.4, -0.2) is 20.6 Å². The van der Waals surface area contributed by atoms with Crippen molar-refractivity contribution in [1.82, 2.24) is 14.6 Å². The molecule has 0 amide bonds. The van der Waals surface area contributed by atoms with Crippen molar-refractivity contribution in [3.63, 3.8) is 0 Å². The Labute approximate surface area is 122 Å². The van der Waals surface area contributed by atoms with Gasteiger partial charge in [0.2, 0.25) is 10.1 Å². The molecule has 0 aromatic carbocycles. The van der Waals surface area contributed by atoms with E-state index in [1.807, 2.05) is 6.92 Å². The molecule has 1 saturated carbocycles. The maximum atomic E-state index is 11.8. The Morgan fingerprint density at radius 3 is 2.70 bits per heavy atom. The summed E-state index contributed by atoms with van der Waals surface area (Å²) in [6.45, 7) is 1.84. The fourth-order valence-corrected chi connectivity index (χ4v) is 3.68. The average Bonchev–Trinajstić information content (AvgIpc) is 2.75. The lowest BCUT2D eigenvalue weighted by atomic mass is 9.97. The Hall–Kier alpha value is -1.43. The second-order valence-electron chi connectivity index (χ2n) is 5.52. The Morgan fingerprint density at radius 1 is 1.25 bits per heavy atom. The molecule has 5 nitrogen and oxygen atoms in total. The average molecular weight is 292 g/mol. The summed E-state index contributed by atoms with van der Waals surface area (Å²) in [5, 5.41) is 8.65. The number of hydrogen-bond donors (Lipinski definition) is 1. The fourth-order valence-electron chi connectivity index (χ4n) is 2.75. The quantitative estimate of drug-likeness (QED) is 0.924. The molecule has 2 aromatic heterocycles. The first-order valence-electron chi connectivity index (χ1n) is 7.36. The molecule has 20 heavy (non-hydrogen) atoms. The van der Waals surface area contributed by atoms with Crippen LogP contribution >= 0.6 is 11.3 Å². The summed E-state index contributed by atoms with van der Waals surface area (Å²) >= 11 is 1.46. The number of aromatic nitrogens is 3. The number of nitrogens with zero attached hydrogens (tertiary/aromatic N) is 3. The standard InChI is InChI=1S/C14H20N4OS/c1-10-9-12(19)18-14(15-10)20-13(17-18)16-11-7-5-3-2-4-6-8-11/h9,11H,2-8H2,1H3,(H,16,17). The number of rotatable bonds is 2. The van der Waals surface area contributed by atoms with Gasteiger partial charge in [-0.3, -0.25) is 4.79 Å². The van der Waals surface area contributed by atoms with Crippen LogP contribution in [0, 0.1) is 6.92 Å². The smallest absolute Gasteiger partial charge is 0.275 e. The normalized spacial score (nSPS) is 17.9. The molecule has 1 N–H and O–H groups in total. The minimum Gasteiger partial charge on any atom is -0.357 e. The minimum absolute atomic E-state index is 0.102. The van der Waals surface area contributed by atoms with Gasteiger partial charge in [-0.15, -0.1) is 5.10 Å². The van der Waals surface area contributed by atoms with Crippen LogP contribution in [0.1, 0.15) is 50.6 Å². The van der Waals surface area contributed by atoms with Gasteiger partial charge in [-0.05, 0) is 19.8 Å². The molecule has 2 heterocycles. The maximum Gasteiger partial charge on any atom is 0.275 e. The third-order valence-electron chi connectivity index (χ3n) is 3.81. The largest absolute Gasteiger partial charge is 0.357 e. The molecule has 3 rings (SSSR count). The number of fused-ring (bicyclic) bond motifs is 1. The van der Waals surface area contributed by atoms with Crippen molar-refractivity contribution in [3.8, 4) is 0 Å². The van der Waals surface area contributed by atoms with Crippen molar-refractivity contribution >= 4 is 21.4 Å². The molecular formula is C14H20N4OS. The highest BCUT2D eigenvalue weighted by atomic mass is 32.1. The SMILES string of the molecule is Cc1cc(=O)n2nc(NC3CCCCCCC3)sc2n1. The summed E-state index contributed by atoms with van der Waals surface area (Å²) in [6, 6.07) is 2.00. The van der Waals surface area contributed by atoms with Crippen LogP contribution in [-0.2, 0) is 0 Å². The van der Waals surface area contributed by atoms with Gasteiger partial charge in [0.25, 0.3) is 5.56 Å². The van der Waals surface area contributed by atoms with Crippen molar-refractivity contribution in [3.05, 3.63) is 22.1 Å². The fraction of sp³-hybridized carbons (Fsp3) is 0.643. The van der Waals surface area contributed by atoms with Gasteiger partial charge >= 0.3 is 0 Å². The van der Waals surface area contributed by atoms with E-state index in [-0.39, 0.29) is 5.56 Å². The summed E-state index contributed by atoms with van der Waals surface area (Å²) in [5.74, 6) is 0. The third kappa shape index (κ3) is 3.00. The third-order valence-corrected chi connectivity index (χ3v) is 4.65. The lowest BCUT2D eigenvalue weighted by molar-refractivity contribution is 0.471. The molecule has 0 spiro atoms. The van der Waals surface area contributed by atoms with E-state index in [2.05, 4.69) is 15.4 Å². The highest BCUT2D eigenvalue weighted by Gasteiger charge is 2.14. The van der Waals surface area contributed by atoms with Crippen LogP contribution in [0.25, 0.3) is 4.96 Å². The topological polar surface area (TPSA) is 59.3 Å². The van der Waals surface area contributed by atoms with Gasteiger partial charge in [0, 0.05) is 17.8 Å². The minimum atomic E-state index is -0.102. The maximum absolute atomic E-state index is 11.8. The molecule has 0 saturated heterocycles. The first-order valence-corrected chi connectivity index (χ1v) is 8.18. The van der Waals surface area contributed by atoms with E-state index >= 15 is 0 Å². The molecule has 1 aliphatic carbocycles. The van der Waals surface area contributed by atoms with Crippen LogP contribution in [0.15, 0.2) is 10.9 Å². The van der Waals surface area contributed by atoms with Crippen LogP contribution in [0.5, 0.6) is 0 Å². The summed E-state index contributed by atoms with van der Waals surface area (Å²) in [7, 11) is 0. The van der Waals surface area contributed by atoms with Gasteiger partial charge in [-0.25, -0.2) is 4.98 Å². The van der Waals surface area contributed by atoms with Crippen molar-refractivity contribution in [2.75, 3.05) is 5.32 Å². The molecule has 2 aromatic rings. The second kappa shape index (κ2) is 5.91. The monoisotopic (exact) mass is 292 g/mol.